The van der Waals surface area contributed by atoms with E-state index in [4.69, 9.17) is 9.05 Å². The van der Waals surface area contributed by atoms with Crippen LogP contribution in [-0.4, -0.2) is 37.7 Å². The molecule has 1 aromatic rings. The van der Waals surface area contributed by atoms with Crippen LogP contribution in [0.15, 0.2) is 24.3 Å². The zero-order valence-corrected chi connectivity index (χ0v) is 15.6. The first kappa shape index (κ1) is 19.6. The molecule has 8 heteroatoms. The average molecular weight is 368 g/mol. The van der Waals surface area contributed by atoms with Gasteiger partial charge in [0.2, 0.25) is 11.8 Å². The molecule has 7 nitrogen and oxygen atoms in total. The molecule has 25 heavy (non-hydrogen) atoms. The monoisotopic (exact) mass is 368 g/mol. The van der Waals surface area contributed by atoms with Gasteiger partial charge in [0.05, 0.1) is 19.4 Å². The number of rotatable bonds is 9. The van der Waals surface area contributed by atoms with Gasteiger partial charge in [0.25, 0.3) is 0 Å². The highest BCUT2D eigenvalue weighted by atomic mass is 31.2. The molecule has 0 unspecified atom stereocenters. The van der Waals surface area contributed by atoms with Gasteiger partial charge in [-0.15, -0.1) is 0 Å². The lowest BCUT2D eigenvalue weighted by Gasteiger charge is -2.17. The molecule has 0 spiro atoms. The quantitative estimate of drug-likeness (QED) is 0.675. The highest BCUT2D eigenvalue weighted by molar-refractivity contribution is 7.53. The Morgan fingerprint density at radius 3 is 2.36 bits per heavy atom. The largest absolute Gasteiger partial charge is 0.331 e. The van der Waals surface area contributed by atoms with Crippen molar-refractivity contribution in [2.45, 2.75) is 33.1 Å². The van der Waals surface area contributed by atoms with Crippen LogP contribution in [0.1, 0.15) is 33.1 Å². The zero-order chi connectivity index (χ0) is 18.3. The van der Waals surface area contributed by atoms with E-state index in [1.54, 1.807) is 30.9 Å². The molecule has 0 bridgehead atoms. The molecule has 0 atom stereocenters. The summed E-state index contributed by atoms with van der Waals surface area (Å²) in [6.07, 6.45) is 1.54. The Morgan fingerprint density at radius 2 is 1.84 bits per heavy atom. The van der Waals surface area contributed by atoms with Crippen molar-refractivity contribution in [2.24, 2.45) is 0 Å². The lowest BCUT2D eigenvalue weighted by molar-refractivity contribution is -0.117. The first-order valence-corrected chi connectivity index (χ1v) is 10.3. The summed E-state index contributed by atoms with van der Waals surface area (Å²) >= 11 is 0. The van der Waals surface area contributed by atoms with E-state index in [1.165, 1.54) is 0 Å². The number of hydrogen-bond acceptors (Lipinski definition) is 5. The maximum absolute atomic E-state index is 12.3. The molecule has 1 aliphatic rings. The number of carbonyl (C=O) groups is 2. The number of nitrogens with zero attached hydrogens (tertiary/aromatic N) is 1. The summed E-state index contributed by atoms with van der Waals surface area (Å²) in [7, 11) is -3.21. The van der Waals surface area contributed by atoms with Crippen LogP contribution in [0.5, 0.6) is 0 Å². The summed E-state index contributed by atoms with van der Waals surface area (Å²) in [4.78, 5) is 25.5. The van der Waals surface area contributed by atoms with Gasteiger partial charge in [-0.2, -0.15) is 0 Å². The summed E-state index contributed by atoms with van der Waals surface area (Å²) in [5.74, 6) is -0.135. The zero-order valence-electron chi connectivity index (χ0n) is 14.7. The fourth-order valence-corrected chi connectivity index (χ4v) is 4.26. The Balaban J connectivity index is 1.88. The topological polar surface area (TPSA) is 84.9 Å². The summed E-state index contributed by atoms with van der Waals surface area (Å²) < 4.78 is 22.7. The third kappa shape index (κ3) is 5.66. The Kier molecular flexibility index (Phi) is 7.17. The van der Waals surface area contributed by atoms with Gasteiger partial charge in [0, 0.05) is 30.8 Å². The van der Waals surface area contributed by atoms with Gasteiger partial charge >= 0.3 is 7.60 Å². The second kappa shape index (κ2) is 9.13. The molecule has 1 fully saturated rings. The van der Waals surface area contributed by atoms with Crippen LogP contribution < -0.4 is 10.2 Å². The van der Waals surface area contributed by atoms with Crippen molar-refractivity contribution in [3.05, 3.63) is 24.3 Å². The van der Waals surface area contributed by atoms with Gasteiger partial charge in [-0.1, -0.05) is 0 Å². The molecular formula is C17H25N2O5P. The van der Waals surface area contributed by atoms with Crippen molar-refractivity contribution in [1.82, 2.24) is 0 Å². The van der Waals surface area contributed by atoms with Crippen LogP contribution in [0.4, 0.5) is 11.4 Å². The molecule has 1 N–H and O–H groups in total. The maximum atomic E-state index is 12.3. The molecule has 2 amide bonds. The number of amides is 2. The number of benzene rings is 1. The maximum Gasteiger partial charge on any atom is 0.331 e. The van der Waals surface area contributed by atoms with Crippen molar-refractivity contribution in [2.75, 3.05) is 36.1 Å². The molecule has 0 saturated carbocycles. The molecule has 1 aromatic carbocycles. The number of anilines is 2. The fourth-order valence-electron chi connectivity index (χ4n) is 2.67. The third-order valence-electron chi connectivity index (χ3n) is 3.80. The molecular weight excluding hydrogens is 343 g/mol. The average Bonchev–Trinajstić information content (AvgIpc) is 3.00. The van der Waals surface area contributed by atoms with Crippen molar-refractivity contribution >= 4 is 30.8 Å². The van der Waals surface area contributed by atoms with Crippen molar-refractivity contribution in [3.63, 3.8) is 0 Å². The van der Waals surface area contributed by atoms with Gasteiger partial charge < -0.3 is 19.3 Å². The standard InChI is InChI=1S/C17H25N2O5P/c1-3-23-25(22,24-4-2)13-11-16(20)18-14-7-9-15(10-8-14)19-12-5-6-17(19)21/h7-10H,3-6,11-13H2,1-2H3,(H,18,20). The van der Waals surface area contributed by atoms with E-state index in [0.29, 0.717) is 12.1 Å². The van der Waals surface area contributed by atoms with Gasteiger partial charge in [0.1, 0.15) is 0 Å². The molecule has 1 saturated heterocycles. The van der Waals surface area contributed by atoms with Crippen LogP contribution in [0, 0.1) is 0 Å². The van der Waals surface area contributed by atoms with E-state index in [0.717, 1.165) is 18.7 Å². The number of carbonyl (C=O) groups excluding carboxylic acids is 2. The highest BCUT2D eigenvalue weighted by Gasteiger charge is 2.25. The fraction of sp³-hybridized carbons (Fsp3) is 0.529. The molecule has 0 aliphatic carbocycles. The molecule has 138 valence electrons. The van der Waals surface area contributed by atoms with Crippen molar-refractivity contribution in [3.8, 4) is 0 Å². The van der Waals surface area contributed by atoms with E-state index in [1.807, 2.05) is 12.1 Å². The lowest BCUT2D eigenvalue weighted by atomic mass is 10.2. The Morgan fingerprint density at radius 1 is 1.20 bits per heavy atom. The predicted molar refractivity (Wildman–Crippen MR) is 97.0 cm³/mol. The van der Waals surface area contributed by atoms with Gasteiger partial charge in [-0.25, -0.2) is 0 Å². The SMILES string of the molecule is CCOP(=O)(CCC(=O)Nc1ccc(N2CCCC2=O)cc1)OCC. The lowest BCUT2D eigenvalue weighted by Crippen LogP contribution is -2.23. The second-order valence-corrected chi connectivity index (χ2v) is 7.85. The van der Waals surface area contributed by atoms with Gasteiger partial charge in [-0.3, -0.25) is 14.2 Å². The molecule has 1 aliphatic heterocycles. The Labute approximate surface area is 148 Å². The van der Waals surface area contributed by atoms with E-state index in [9.17, 15) is 14.2 Å². The first-order chi connectivity index (χ1) is 12.0. The van der Waals surface area contributed by atoms with E-state index in [-0.39, 0.29) is 37.6 Å². The van der Waals surface area contributed by atoms with Crippen molar-refractivity contribution in [1.29, 1.82) is 0 Å². The molecule has 2 rings (SSSR count). The van der Waals surface area contributed by atoms with Crippen LogP contribution in [0.25, 0.3) is 0 Å². The normalized spacial score (nSPS) is 14.8. The molecule has 0 radical (unpaired) electrons. The first-order valence-electron chi connectivity index (χ1n) is 8.56. The van der Waals surface area contributed by atoms with Crippen LogP contribution >= 0.6 is 7.60 Å². The van der Waals surface area contributed by atoms with Crippen LogP contribution in [-0.2, 0) is 23.2 Å². The van der Waals surface area contributed by atoms with E-state index < -0.39 is 7.60 Å². The van der Waals surface area contributed by atoms with Gasteiger partial charge in [0.15, 0.2) is 0 Å². The van der Waals surface area contributed by atoms with E-state index >= 15 is 0 Å². The Bertz CT molecular complexity index is 637. The highest BCUT2D eigenvalue weighted by Crippen LogP contribution is 2.48. The minimum Gasteiger partial charge on any atom is -0.326 e. The minimum atomic E-state index is -3.21. The van der Waals surface area contributed by atoms with Crippen LogP contribution in [0.2, 0.25) is 0 Å². The Hall–Kier alpha value is -1.69. The van der Waals surface area contributed by atoms with Gasteiger partial charge in [-0.05, 0) is 44.5 Å². The van der Waals surface area contributed by atoms with Crippen LogP contribution in [0.3, 0.4) is 0 Å². The third-order valence-corrected chi connectivity index (χ3v) is 5.87. The van der Waals surface area contributed by atoms with Crippen molar-refractivity contribution < 1.29 is 23.2 Å². The molecule has 0 aromatic heterocycles. The summed E-state index contributed by atoms with van der Waals surface area (Å²) in [6.45, 7) is 4.75. The minimum absolute atomic E-state index is 0.0425. The summed E-state index contributed by atoms with van der Waals surface area (Å²) in [5.41, 5.74) is 1.46. The smallest absolute Gasteiger partial charge is 0.326 e. The number of hydrogen-bond donors (Lipinski definition) is 1. The molecule has 1 heterocycles. The predicted octanol–water partition coefficient (Wildman–Crippen LogP) is 3.41. The second-order valence-electron chi connectivity index (χ2n) is 5.66. The number of nitrogens with one attached hydrogen (secondary N) is 1. The summed E-state index contributed by atoms with van der Waals surface area (Å²) in [6, 6.07) is 7.13. The summed E-state index contributed by atoms with van der Waals surface area (Å²) in [5, 5.41) is 2.75. The van der Waals surface area contributed by atoms with E-state index in [2.05, 4.69) is 5.32 Å².